The van der Waals surface area contributed by atoms with E-state index in [1.807, 2.05) is 0 Å². The van der Waals surface area contributed by atoms with E-state index in [2.05, 4.69) is 255 Å². The van der Waals surface area contributed by atoms with Gasteiger partial charge >= 0.3 is 0 Å². The first-order chi connectivity index (χ1) is 32.0. The minimum Gasteiger partial charge on any atom is -0.310 e. The molecule has 1 nitrogen and oxygen atoms in total. The van der Waals surface area contributed by atoms with Crippen molar-refractivity contribution in [2.24, 2.45) is 0 Å². The van der Waals surface area contributed by atoms with E-state index in [0.29, 0.717) is 0 Å². The van der Waals surface area contributed by atoms with Gasteiger partial charge in [-0.3, -0.25) is 0 Å². The Morgan fingerprint density at radius 2 is 0.677 bits per heavy atom. The third-order valence-corrected chi connectivity index (χ3v) is 14.7. The quantitative estimate of drug-likeness (QED) is 0.161. The lowest BCUT2D eigenvalue weighted by Crippen LogP contribution is -2.25. The first-order valence-electron chi connectivity index (χ1n) is 22.8. The highest BCUT2D eigenvalue weighted by Gasteiger charge is 2.51. The topological polar surface area (TPSA) is 3.24 Å². The van der Waals surface area contributed by atoms with Gasteiger partial charge in [-0.2, -0.15) is 0 Å². The lowest BCUT2D eigenvalue weighted by Gasteiger charge is -2.31. The highest BCUT2D eigenvalue weighted by atomic mass is 15.1. The fourth-order valence-electron chi connectivity index (χ4n) is 11.7. The number of nitrogens with zero attached hydrogens (tertiary/aromatic N) is 1. The monoisotopic (exact) mass is 827 g/mol. The second-order valence-electron chi connectivity index (χ2n) is 18.4. The van der Waals surface area contributed by atoms with Crippen LogP contribution >= 0.6 is 0 Å². The van der Waals surface area contributed by atoms with Gasteiger partial charge in [0.1, 0.15) is 0 Å². The second kappa shape index (κ2) is 14.3. The summed E-state index contributed by atoms with van der Waals surface area (Å²) in [5.74, 6) is 0. The molecule has 0 radical (unpaired) electrons. The molecule has 0 N–H and O–H groups in total. The minimum atomic E-state index is -0.426. The molecule has 13 rings (SSSR count). The second-order valence-corrected chi connectivity index (χ2v) is 18.4. The van der Waals surface area contributed by atoms with Crippen molar-refractivity contribution in [2.75, 3.05) is 4.90 Å². The molecule has 306 valence electrons. The van der Waals surface area contributed by atoms with Crippen LogP contribution in [0.2, 0.25) is 0 Å². The van der Waals surface area contributed by atoms with E-state index >= 15 is 0 Å². The Kier molecular flexibility index (Phi) is 8.24. The fourth-order valence-corrected chi connectivity index (χ4v) is 11.7. The lowest BCUT2D eigenvalue weighted by atomic mass is 9.70. The molecule has 0 saturated carbocycles. The largest absolute Gasteiger partial charge is 0.310 e. The van der Waals surface area contributed by atoms with E-state index in [4.69, 9.17) is 0 Å². The maximum absolute atomic E-state index is 2.49. The third kappa shape index (κ3) is 5.52. The summed E-state index contributed by atoms with van der Waals surface area (Å²) in [6.45, 7) is 4.72. The van der Waals surface area contributed by atoms with Crippen LogP contribution in [0.4, 0.5) is 17.1 Å². The van der Waals surface area contributed by atoms with Crippen molar-refractivity contribution in [2.45, 2.75) is 24.7 Å². The van der Waals surface area contributed by atoms with Gasteiger partial charge in [0.2, 0.25) is 0 Å². The zero-order chi connectivity index (χ0) is 43.3. The van der Waals surface area contributed by atoms with Crippen molar-refractivity contribution in [1.82, 2.24) is 0 Å². The molecule has 0 aliphatic heterocycles. The van der Waals surface area contributed by atoms with Crippen LogP contribution in [0.3, 0.4) is 0 Å². The normalized spacial score (nSPS) is 15.4. The average molecular weight is 828 g/mol. The molecular formula is C64H45N. The van der Waals surface area contributed by atoms with E-state index in [1.54, 1.807) is 0 Å². The minimum absolute atomic E-state index is 0.113. The number of rotatable bonds is 6. The van der Waals surface area contributed by atoms with E-state index in [0.717, 1.165) is 17.1 Å². The Balaban J connectivity index is 0.944. The fraction of sp³-hybridized carbons (Fsp3) is 0.0625. The molecule has 0 saturated heterocycles. The van der Waals surface area contributed by atoms with E-state index < -0.39 is 5.41 Å². The lowest BCUT2D eigenvalue weighted by molar-refractivity contribution is 0.660. The van der Waals surface area contributed by atoms with E-state index in [-0.39, 0.29) is 5.41 Å². The first-order valence-corrected chi connectivity index (χ1v) is 22.8. The predicted octanol–water partition coefficient (Wildman–Crippen LogP) is 16.8. The van der Waals surface area contributed by atoms with Crippen LogP contribution in [0, 0.1) is 0 Å². The van der Waals surface area contributed by atoms with Gasteiger partial charge in [0.15, 0.2) is 0 Å². The molecule has 10 aromatic rings. The SMILES string of the molecule is CC1(C)c2ccccc2-c2ccc(N(c3ccc(-c4ccc5c(c4)C4(c6ccccc6-c6cc(-c7ccccc7)ccc64)c4ccccc4-5)cc3)c3cccc(-c4ccccc4)c3)cc21. The molecule has 3 aliphatic rings. The van der Waals surface area contributed by atoms with Gasteiger partial charge < -0.3 is 4.90 Å². The number of hydrogen-bond acceptors (Lipinski definition) is 1. The van der Waals surface area contributed by atoms with Gasteiger partial charge in [0.25, 0.3) is 0 Å². The summed E-state index contributed by atoms with van der Waals surface area (Å²) in [7, 11) is 0. The molecule has 0 aromatic heterocycles. The summed E-state index contributed by atoms with van der Waals surface area (Å²) in [6.07, 6.45) is 0. The van der Waals surface area contributed by atoms with Crippen molar-refractivity contribution in [1.29, 1.82) is 0 Å². The van der Waals surface area contributed by atoms with Gasteiger partial charge in [0, 0.05) is 22.5 Å². The molecule has 0 bridgehead atoms. The Morgan fingerprint density at radius 3 is 1.37 bits per heavy atom. The van der Waals surface area contributed by atoms with Crippen LogP contribution in [0.5, 0.6) is 0 Å². The Morgan fingerprint density at radius 1 is 0.246 bits per heavy atom. The van der Waals surface area contributed by atoms with Crippen LogP contribution in [0.1, 0.15) is 47.2 Å². The van der Waals surface area contributed by atoms with Crippen LogP contribution in [0.15, 0.2) is 237 Å². The van der Waals surface area contributed by atoms with E-state index in [1.165, 1.54) is 100 Å². The van der Waals surface area contributed by atoms with Crippen molar-refractivity contribution >= 4 is 17.1 Å². The van der Waals surface area contributed by atoms with Crippen molar-refractivity contribution in [3.8, 4) is 66.8 Å². The molecule has 1 spiro atoms. The summed E-state index contributed by atoms with van der Waals surface area (Å²) in [5, 5.41) is 0. The zero-order valence-electron chi connectivity index (χ0n) is 36.5. The van der Waals surface area contributed by atoms with Gasteiger partial charge in [-0.05, 0) is 149 Å². The van der Waals surface area contributed by atoms with Crippen LogP contribution in [0.25, 0.3) is 66.8 Å². The van der Waals surface area contributed by atoms with Crippen LogP contribution in [-0.4, -0.2) is 0 Å². The number of anilines is 3. The average Bonchev–Trinajstić information content (AvgIpc) is 3.92. The van der Waals surface area contributed by atoms with Crippen molar-refractivity contribution in [3.05, 3.63) is 270 Å². The summed E-state index contributed by atoms with van der Waals surface area (Å²) >= 11 is 0. The molecule has 65 heavy (non-hydrogen) atoms. The third-order valence-electron chi connectivity index (χ3n) is 14.7. The molecule has 1 heteroatoms. The standard InChI is InChI=1S/C64H45N/c1-63(2)57-25-12-9-22-51(57)54-36-34-50(41-61(54)63)65(49-21-15-20-45(38-49)42-16-5-3-6-17-42)48-32-28-44(29-33-48)47-30-35-55-52-23-10-13-26-58(52)64(62(55)40-47)59-27-14-11-24-53(59)56-39-46(31-37-60(56)64)43-18-7-4-8-19-43/h3-41H,1-2H3. The number of hydrogen-bond donors (Lipinski definition) is 0. The number of benzene rings is 10. The molecule has 1 unspecified atom stereocenters. The Bertz CT molecular complexity index is 3510. The van der Waals surface area contributed by atoms with Crippen LogP contribution < -0.4 is 4.90 Å². The summed E-state index contributed by atoms with van der Waals surface area (Å²) in [5.41, 5.74) is 26.2. The maximum Gasteiger partial charge on any atom is 0.0725 e. The Hall–Kier alpha value is -8.00. The molecule has 0 amide bonds. The first kappa shape index (κ1) is 37.5. The summed E-state index contributed by atoms with van der Waals surface area (Å²) in [4.78, 5) is 2.43. The van der Waals surface area contributed by atoms with E-state index in [9.17, 15) is 0 Å². The van der Waals surface area contributed by atoms with Gasteiger partial charge in [0.05, 0.1) is 5.41 Å². The van der Waals surface area contributed by atoms with Crippen molar-refractivity contribution < 1.29 is 0 Å². The summed E-state index contributed by atoms with van der Waals surface area (Å²) < 4.78 is 0. The number of fused-ring (bicyclic) bond motifs is 13. The highest BCUT2D eigenvalue weighted by Crippen LogP contribution is 2.63. The van der Waals surface area contributed by atoms with Gasteiger partial charge in [-0.1, -0.05) is 202 Å². The van der Waals surface area contributed by atoms with Gasteiger partial charge in [-0.25, -0.2) is 0 Å². The Labute approximate surface area is 381 Å². The van der Waals surface area contributed by atoms with Gasteiger partial charge in [-0.15, -0.1) is 0 Å². The molecule has 0 fully saturated rings. The molecule has 0 heterocycles. The maximum atomic E-state index is 2.49. The molecule has 10 aromatic carbocycles. The predicted molar refractivity (Wildman–Crippen MR) is 271 cm³/mol. The van der Waals surface area contributed by atoms with Crippen molar-refractivity contribution in [3.63, 3.8) is 0 Å². The summed E-state index contributed by atoms with van der Waals surface area (Å²) in [6, 6.07) is 88.2. The smallest absolute Gasteiger partial charge is 0.0725 e. The molecule has 3 aliphatic carbocycles. The molecular weight excluding hydrogens is 783 g/mol. The molecule has 1 atom stereocenters. The highest BCUT2D eigenvalue weighted by molar-refractivity contribution is 5.97. The zero-order valence-corrected chi connectivity index (χ0v) is 36.5. The van der Waals surface area contributed by atoms with Crippen LogP contribution in [-0.2, 0) is 10.8 Å².